The van der Waals surface area contributed by atoms with Crippen LogP contribution in [0.2, 0.25) is 0 Å². The largest absolute Gasteiger partial charge is 0.394 e. The van der Waals surface area contributed by atoms with Gasteiger partial charge in [0.15, 0.2) is 0 Å². The highest BCUT2D eigenvalue weighted by molar-refractivity contribution is 4.88. The standard InChI is InChI=1S/C14H26O5/c1-2-3-4-5-6-7-8-18-12(9-15)14-13(17)11(16)10-19-14/h4-5,11-17H,2-3,6-10H2,1H3/b5-4+/t11-,12+,13+,14+/m0/s1. The molecule has 19 heavy (non-hydrogen) atoms. The van der Waals surface area contributed by atoms with E-state index in [0.29, 0.717) is 6.61 Å². The van der Waals surface area contributed by atoms with E-state index in [1.54, 1.807) is 0 Å². The summed E-state index contributed by atoms with van der Waals surface area (Å²) in [5.41, 5.74) is 0. The number of rotatable bonds is 9. The topological polar surface area (TPSA) is 79.2 Å². The van der Waals surface area contributed by atoms with E-state index in [9.17, 15) is 15.3 Å². The summed E-state index contributed by atoms with van der Waals surface area (Å²) in [5, 5.41) is 28.3. The van der Waals surface area contributed by atoms with Gasteiger partial charge in [-0.15, -0.1) is 0 Å². The predicted molar refractivity (Wildman–Crippen MR) is 71.9 cm³/mol. The minimum absolute atomic E-state index is 0.0887. The molecule has 0 bridgehead atoms. The molecule has 4 atom stereocenters. The Kier molecular flexibility index (Phi) is 8.25. The second kappa shape index (κ2) is 9.44. The van der Waals surface area contributed by atoms with E-state index in [1.165, 1.54) is 0 Å². The molecule has 112 valence electrons. The summed E-state index contributed by atoms with van der Waals surface area (Å²) in [7, 11) is 0. The highest BCUT2D eigenvalue weighted by atomic mass is 16.6. The van der Waals surface area contributed by atoms with Crippen molar-refractivity contribution in [1.29, 1.82) is 0 Å². The zero-order chi connectivity index (χ0) is 14.1. The van der Waals surface area contributed by atoms with Crippen LogP contribution in [0.3, 0.4) is 0 Å². The molecule has 1 aliphatic heterocycles. The van der Waals surface area contributed by atoms with E-state index in [2.05, 4.69) is 19.1 Å². The summed E-state index contributed by atoms with van der Waals surface area (Å²) in [6.45, 7) is 2.51. The highest BCUT2D eigenvalue weighted by Crippen LogP contribution is 2.19. The van der Waals surface area contributed by atoms with Gasteiger partial charge >= 0.3 is 0 Å². The number of hydrogen-bond donors (Lipinski definition) is 3. The van der Waals surface area contributed by atoms with Crippen molar-refractivity contribution in [3.63, 3.8) is 0 Å². The Labute approximate surface area is 114 Å². The first-order valence-electron chi connectivity index (χ1n) is 7.05. The van der Waals surface area contributed by atoms with Crippen molar-refractivity contribution in [2.45, 2.75) is 57.0 Å². The van der Waals surface area contributed by atoms with Crippen LogP contribution in [0.25, 0.3) is 0 Å². The van der Waals surface area contributed by atoms with Gasteiger partial charge in [-0.1, -0.05) is 25.5 Å². The Balaban J connectivity index is 2.18. The summed E-state index contributed by atoms with van der Waals surface area (Å²) in [4.78, 5) is 0. The lowest BCUT2D eigenvalue weighted by molar-refractivity contribution is -0.101. The third-order valence-corrected chi connectivity index (χ3v) is 3.21. The molecule has 1 rings (SSSR count). The van der Waals surface area contributed by atoms with Crippen LogP contribution >= 0.6 is 0 Å². The molecule has 0 unspecified atom stereocenters. The van der Waals surface area contributed by atoms with Gasteiger partial charge in [0.05, 0.1) is 13.2 Å². The Morgan fingerprint density at radius 2 is 2.05 bits per heavy atom. The van der Waals surface area contributed by atoms with Gasteiger partial charge in [-0.25, -0.2) is 0 Å². The normalized spacial score (nSPS) is 29.2. The molecule has 3 N–H and O–H groups in total. The second-order valence-corrected chi connectivity index (χ2v) is 4.85. The quantitative estimate of drug-likeness (QED) is 0.424. The van der Waals surface area contributed by atoms with Crippen LogP contribution in [-0.2, 0) is 9.47 Å². The van der Waals surface area contributed by atoms with E-state index in [0.717, 1.165) is 25.7 Å². The van der Waals surface area contributed by atoms with Crippen LogP contribution in [0, 0.1) is 0 Å². The summed E-state index contributed by atoms with van der Waals surface area (Å²) in [5.74, 6) is 0. The average Bonchev–Trinajstić information content (AvgIpc) is 2.74. The van der Waals surface area contributed by atoms with Gasteiger partial charge in [-0.3, -0.25) is 0 Å². The highest BCUT2D eigenvalue weighted by Gasteiger charge is 2.40. The van der Waals surface area contributed by atoms with Crippen molar-refractivity contribution in [3.05, 3.63) is 12.2 Å². The molecule has 0 amide bonds. The smallest absolute Gasteiger partial charge is 0.114 e. The molecule has 0 aromatic heterocycles. The van der Waals surface area contributed by atoms with Crippen molar-refractivity contribution >= 4 is 0 Å². The molecule has 0 radical (unpaired) electrons. The molecule has 1 saturated heterocycles. The van der Waals surface area contributed by atoms with Gasteiger partial charge in [0, 0.05) is 6.61 Å². The maximum Gasteiger partial charge on any atom is 0.114 e. The van der Waals surface area contributed by atoms with E-state index < -0.39 is 24.4 Å². The SMILES string of the molecule is CCC/C=C/CCCO[C@H](CO)[C@H]1OC[C@H](O)[C@H]1O. The van der Waals surface area contributed by atoms with Crippen molar-refractivity contribution in [2.24, 2.45) is 0 Å². The number of hydrogen-bond acceptors (Lipinski definition) is 5. The first-order valence-corrected chi connectivity index (χ1v) is 7.05. The Hall–Kier alpha value is -0.460. The number of aliphatic hydroxyl groups is 3. The Bertz CT molecular complexity index is 256. The molecule has 0 saturated carbocycles. The van der Waals surface area contributed by atoms with Gasteiger partial charge in [0.2, 0.25) is 0 Å². The minimum atomic E-state index is -0.985. The lowest BCUT2D eigenvalue weighted by Crippen LogP contribution is -2.42. The number of ether oxygens (including phenoxy) is 2. The first kappa shape index (κ1) is 16.6. The summed E-state index contributed by atoms with van der Waals surface area (Å²) in [6.07, 6.45) is 5.24. The molecule has 5 heteroatoms. The monoisotopic (exact) mass is 274 g/mol. The first-order chi connectivity index (χ1) is 9.20. The molecular formula is C14H26O5. The molecule has 0 aliphatic carbocycles. The van der Waals surface area contributed by atoms with E-state index in [4.69, 9.17) is 9.47 Å². The predicted octanol–water partition coefficient (Wildman–Crippen LogP) is 0.621. The van der Waals surface area contributed by atoms with Crippen LogP contribution in [-0.4, -0.2) is 59.6 Å². The molecule has 0 spiro atoms. The third-order valence-electron chi connectivity index (χ3n) is 3.21. The number of allylic oxidation sites excluding steroid dienone is 2. The van der Waals surface area contributed by atoms with Gasteiger partial charge in [0.25, 0.3) is 0 Å². The third kappa shape index (κ3) is 5.58. The molecular weight excluding hydrogens is 248 g/mol. The lowest BCUT2D eigenvalue weighted by Gasteiger charge is -2.24. The van der Waals surface area contributed by atoms with Crippen LogP contribution < -0.4 is 0 Å². The summed E-state index contributed by atoms with van der Waals surface area (Å²) in [6, 6.07) is 0. The summed E-state index contributed by atoms with van der Waals surface area (Å²) >= 11 is 0. The maximum absolute atomic E-state index is 9.68. The number of unbranched alkanes of at least 4 members (excludes halogenated alkanes) is 2. The molecule has 0 aromatic carbocycles. The minimum Gasteiger partial charge on any atom is -0.394 e. The van der Waals surface area contributed by atoms with E-state index >= 15 is 0 Å². The van der Waals surface area contributed by atoms with E-state index in [1.807, 2.05) is 0 Å². The molecule has 0 aromatic rings. The maximum atomic E-state index is 9.68. The Morgan fingerprint density at radius 1 is 1.32 bits per heavy atom. The van der Waals surface area contributed by atoms with Crippen molar-refractivity contribution < 1.29 is 24.8 Å². The molecule has 1 aliphatic rings. The summed E-state index contributed by atoms with van der Waals surface area (Å²) < 4.78 is 10.8. The zero-order valence-corrected chi connectivity index (χ0v) is 11.6. The van der Waals surface area contributed by atoms with Gasteiger partial charge in [0.1, 0.15) is 24.4 Å². The number of aliphatic hydroxyl groups excluding tert-OH is 3. The fourth-order valence-corrected chi connectivity index (χ4v) is 2.04. The fourth-order valence-electron chi connectivity index (χ4n) is 2.04. The van der Waals surface area contributed by atoms with Crippen molar-refractivity contribution in [1.82, 2.24) is 0 Å². The molecule has 1 fully saturated rings. The van der Waals surface area contributed by atoms with Gasteiger partial charge in [-0.2, -0.15) is 0 Å². The molecule has 5 nitrogen and oxygen atoms in total. The van der Waals surface area contributed by atoms with E-state index in [-0.39, 0.29) is 13.2 Å². The van der Waals surface area contributed by atoms with Crippen LogP contribution in [0.5, 0.6) is 0 Å². The van der Waals surface area contributed by atoms with Crippen LogP contribution in [0.15, 0.2) is 12.2 Å². The zero-order valence-electron chi connectivity index (χ0n) is 11.6. The van der Waals surface area contributed by atoms with Crippen molar-refractivity contribution in [3.8, 4) is 0 Å². The van der Waals surface area contributed by atoms with Crippen molar-refractivity contribution in [2.75, 3.05) is 19.8 Å². The second-order valence-electron chi connectivity index (χ2n) is 4.85. The Morgan fingerprint density at radius 3 is 2.63 bits per heavy atom. The average molecular weight is 274 g/mol. The fraction of sp³-hybridized carbons (Fsp3) is 0.857. The van der Waals surface area contributed by atoms with Crippen LogP contribution in [0.4, 0.5) is 0 Å². The van der Waals surface area contributed by atoms with Gasteiger partial charge < -0.3 is 24.8 Å². The molecule has 1 heterocycles. The van der Waals surface area contributed by atoms with Gasteiger partial charge in [-0.05, 0) is 19.3 Å². The van der Waals surface area contributed by atoms with Crippen LogP contribution in [0.1, 0.15) is 32.6 Å². The lowest BCUT2D eigenvalue weighted by atomic mass is 10.1.